The van der Waals surface area contributed by atoms with Crippen LogP contribution >= 0.6 is 0 Å². The summed E-state index contributed by atoms with van der Waals surface area (Å²) >= 11 is 0. The Morgan fingerprint density at radius 1 is 0.511 bits per heavy atom. The van der Waals surface area contributed by atoms with Gasteiger partial charge in [-0.2, -0.15) is 0 Å². The largest absolute Gasteiger partial charge is 0.456 e. The van der Waals surface area contributed by atoms with Crippen molar-refractivity contribution in [1.82, 2.24) is 15.0 Å². The van der Waals surface area contributed by atoms with Gasteiger partial charge in [-0.3, -0.25) is 0 Å². The minimum atomic E-state index is 0.302. The van der Waals surface area contributed by atoms with Gasteiger partial charge < -0.3 is 4.42 Å². The van der Waals surface area contributed by atoms with Gasteiger partial charge in [0.05, 0.1) is 0 Å². The van der Waals surface area contributed by atoms with E-state index in [-0.39, 0.29) is 0 Å². The van der Waals surface area contributed by atoms with E-state index in [4.69, 9.17) is 19.4 Å². The summed E-state index contributed by atoms with van der Waals surface area (Å²) in [7, 11) is 0. The van der Waals surface area contributed by atoms with Crippen molar-refractivity contribution in [2.45, 2.75) is 0 Å². The molecule has 0 spiro atoms. The third-order valence-electron chi connectivity index (χ3n) is 8.83. The number of fused-ring (bicyclic) bond motifs is 5. The molecule has 0 aliphatic heterocycles. The van der Waals surface area contributed by atoms with Gasteiger partial charge in [-0.15, -0.1) is 0 Å². The molecule has 2 heterocycles. The summed E-state index contributed by atoms with van der Waals surface area (Å²) in [6, 6.07) is 37.7. The van der Waals surface area contributed by atoms with Crippen molar-refractivity contribution >= 4 is 38.3 Å². The van der Waals surface area contributed by atoms with Crippen LogP contribution in [0.4, 0.5) is 0 Å². The second-order valence-corrected chi connectivity index (χ2v) is 11.6. The van der Waals surface area contributed by atoms with Crippen LogP contribution in [0, 0.1) is 11.8 Å². The van der Waals surface area contributed by atoms with Crippen molar-refractivity contribution in [3.63, 3.8) is 0 Å². The molecule has 0 N–H and O–H groups in total. The van der Waals surface area contributed by atoms with Gasteiger partial charge in [0.25, 0.3) is 0 Å². The molecule has 2 atom stereocenters. The zero-order valence-corrected chi connectivity index (χ0v) is 24.3. The predicted molar refractivity (Wildman–Crippen MR) is 183 cm³/mol. The molecule has 7 aromatic rings. The molecule has 9 rings (SSSR count). The van der Waals surface area contributed by atoms with Gasteiger partial charge >= 0.3 is 0 Å². The third kappa shape index (κ3) is 4.50. The first-order valence-corrected chi connectivity index (χ1v) is 15.3. The molecule has 2 aliphatic rings. The zero-order chi connectivity index (χ0) is 29.7. The minimum Gasteiger partial charge on any atom is -0.456 e. The highest BCUT2D eigenvalue weighted by molar-refractivity contribution is 6.12. The van der Waals surface area contributed by atoms with Crippen LogP contribution in [0.2, 0.25) is 0 Å². The Bertz CT molecular complexity index is 2390. The van der Waals surface area contributed by atoms with Crippen LogP contribution in [0.1, 0.15) is 5.82 Å². The van der Waals surface area contributed by atoms with Crippen LogP contribution in [-0.2, 0) is 0 Å². The maximum atomic E-state index is 6.15. The Labute approximate surface area is 260 Å². The summed E-state index contributed by atoms with van der Waals surface area (Å²) in [6.07, 6.45) is 15.4. The molecule has 5 aromatic carbocycles. The van der Waals surface area contributed by atoms with Crippen molar-refractivity contribution in [3.05, 3.63) is 158 Å². The Morgan fingerprint density at radius 2 is 1.20 bits per heavy atom. The van der Waals surface area contributed by atoms with Crippen molar-refractivity contribution in [2.24, 2.45) is 11.8 Å². The molecule has 45 heavy (non-hydrogen) atoms. The number of rotatable bonds is 4. The number of para-hydroxylation sites is 1. The summed E-state index contributed by atoms with van der Waals surface area (Å²) in [4.78, 5) is 14.9. The van der Waals surface area contributed by atoms with Gasteiger partial charge in [-0.25, -0.2) is 15.0 Å². The molecular formula is C41H27N3O. The molecule has 0 bridgehead atoms. The fourth-order valence-corrected chi connectivity index (χ4v) is 6.55. The first kappa shape index (κ1) is 25.6. The Kier molecular flexibility index (Phi) is 5.91. The molecule has 2 unspecified atom stereocenters. The smallest absolute Gasteiger partial charge is 0.164 e. The van der Waals surface area contributed by atoms with E-state index in [0.717, 1.165) is 60.5 Å². The molecule has 0 saturated heterocycles. The molecule has 0 saturated carbocycles. The lowest BCUT2D eigenvalue weighted by Gasteiger charge is -2.22. The van der Waals surface area contributed by atoms with Crippen LogP contribution in [0.25, 0.3) is 72.2 Å². The molecule has 0 fully saturated rings. The van der Waals surface area contributed by atoms with Crippen LogP contribution in [0.3, 0.4) is 0 Å². The lowest BCUT2D eigenvalue weighted by molar-refractivity contribution is 0.662. The van der Waals surface area contributed by atoms with E-state index >= 15 is 0 Å². The zero-order valence-electron chi connectivity index (χ0n) is 24.3. The highest BCUT2D eigenvalue weighted by atomic mass is 16.3. The summed E-state index contributed by atoms with van der Waals surface area (Å²) in [5.74, 6) is 2.69. The molecule has 0 radical (unpaired) electrons. The van der Waals surface area contributed by atoms with E-state index in [9.17, 15) is 0 Å². The van der Waals surface area contributed by atoms with E-state index in [1.165, 1.54) is 0 Å². The standard InChI is InChI=1S/C41H27N3O/c1-2-10-27(11-3-1)39-42-40(32-21-17-26-9-4-5-12-28(26)24-32)44-41(43-39)33-22-19-29-23-31(20-18-30(29)25-33)34-14-8-16-37-38(34)35-13-6-7-15-36(35)45-37/h1-26,28H. The summed E-state index contributed by atoms with van der Waals surface area (Å²) < 4.78 is 6.15. The quantitative estimate of drug-likeness (QED) is 0.209. The number of hydrogen-bond acceptors (Lipinski definition) is 4. The lowest BCUT2D eigenvalue weighted by Crippen LogP contribution is -2.12. The second-order valence-electron chi connectivity index (χ2n) is 11.6. The second kappa shape index (κ2) is 10.4. The van der Waals surface area contributed by atoms with Crippen LogP contribution in [-0.4, -0.2) is 15.0 Å². The fourth-order valence-electron chi connectivity index (χ4n) is 6.55. The Hall–Kier alpha value is -5.87. The van der Waals surface area contributed by atoms with E-state index in [1.807, 2.05) is 48.5 Å². The van der Waals surface area contributed by atoms with E-state index < -0.39 is 0 Å². The monoisotopic (exact) mass is 577 g/mol. The first-order chi connectivity index (χ1) is 22.3. The molecule has 4 heteroatoms. The molecular weight excluding hydrogens is 550 g/mol. The average Bonchev–Trinajstić information content (AvgIpc) is 3.50. The van der Waals surface area contributed by atoms with Crippen molar-refractivity contribution in [2.75, 3.05) is 0 Å². The van der Waals surface area contributed by atoms with Crippen LogP contribution in [0.15, 0.2) is 156 Å². The van der Waals surface area contributed by atoms with Crippen molar-refractivity contribution in [3.8, 4) is 33.9 Å². The molecule has 2 aliphatic carbocycles. The number of benzene rings is 5. The number of hydrogen-bond donors (Lipinski definition) is 0. The van der Waals surface area contributed by atoms with Crippen molar-refractivity contribution < 1.29 is 4.42 Å². The van der Waals surface area contributed by atoms with Gasteiger partial charge in [-0.05, 0) is 46.2 Å². The maximum absolute atomic E-state index is 6.15. The molecule has 0 amide bonds. The number of allylic oxidation sites excluding steroid dienone is 8. The Morgan fingerprint density at radius 3 is 2.07 bits per heavy atom. The van der Waals surface area contributed by atoms with E-state index in [0.29, 0.717) is 29.3 Å². The SMILES string of the molecule is C1=CC2C=CC(c3nc(-c4ccccc4)nc(-c4ccc5cc(-c6cccc7oc8ccccc8c67)ccc5c4)n3)=CC2C=C1. The first-order valence-electron chi connectivity index (χ1n) is 15.3. The topological polar surface area (TPSA) is 51.8 Å². The van der Waals surface area contributed by atoms with Crippen molar-refractivity contribution in [1.29, 1.82) is 0 Å². The van der Waals surface area contributed by atoms with E-state index in [1.54, 1.807) is 0 Å². The highest BCUT2D eigenvalue weighted by Crippen LogP contribution is 2.38. The predicted octanol–water partition coefficient (Wildman–Crippen LogP) is 10.2. The normalized spacial score (nSPS) is 17.2. The van der Waals surface area contributed by atoms with E-state index in [2.05, 4.69) is 103 Å². The van der Waals surface area contributed by atoms with Gasteiger partial charge in [0, 0.05) is 39.3 Å². The number of furan rings is 1. The van der Waals surface area contributed by atoms with Crippen LogP contribution in [0.5, 0.6) is 0 Å². The summed E-state index contributed by atoms with van der Waals surface area (Å²) in [5.41, 5.74) is 7.06. The maximum Gasteiger partial charge on any atom is 0.164 e. The molecule has 2 aromatic heterocycles. The number of aromatic nitrogens is 3. The van der Waals surface area contributed by atoms with Gasteiger partial charge in [0.15, 0.2) is 17.5 Å². The molecule has 4 nitrogen and oxygen atoms in total. The fraction of sp³-hybridized carbons (Fsp3) is 0.0488. The highest BCUT2D eigenvalue weighted by Gasteiger charge is 2.21. The lowest BCUT2D eigenvalue weighted by atomic mass is 9.83. The van der Waals surface area contributed by atoms with Gasteiger partial charge in [0.1, 0.15) is 11.2 Å². The molecule has 212 valence electrons. The van der Waals surface area contributed by atoms with Gasteiger partial charge in [0.2, 0.25) is 0 Å². The average molecular weight is 578 g/mol. The minimum absolute atomic E-state index is 0.302. The van der Waals surface area contributed by atoms with Gasteiger partial charge in [-0.1, -0.05) is 127 Å². The van der Waals surface area contributed by atoms with Crippen LogP contribution < -0.4 is 0 Å². The summed E-state index contributed by atoms with van der Waals surface area (Å²) in [5, 5.41) is 4.56. The summed E-state index contributed by atoms with van der Waals surface area (Å²) in [6.45, 7) is 0. The third-order valence-corrected chi connectivity index (χ3v) is 8.83. The Balaban J connectivity index is 1.14. The number of nitrogens with zero attached hydrogens (tertiary/aromatic N) is 3.